The van der Waals surface area contributed by atoms with E-state index in [-0.39, 0.29) is 17.0 Å². The molecule has 0 aliphatic carbocycles. The molecule has 0 saturated heterocycles. The van der Waals surface area contributed by atoms with Gasteiger partial charge in [-0.1, -0.05) is 12.1 Å². The first-order chi connectivity index (χ1) is 12.3. The van der Waals surface area contributed by atoms with E-state index in [0.29, 0.717) is 0 Å². The minimum Gasteiger partial charge on any atom is -0.366 e. The van der Waals surface area contributed by atoms with Gasteiger partial charge in [0.05, 0.1) is 16.7 Å². The van der Waals surface area contributed by atoms with Gasteiger partial charge in [-0.05, 0) is 50.1 Å². The number of allylic oxidation sites excluding steroid dienone is 1. The number of hydrazone groups is 1. The molecule has 2 aromatic rings. The summed E-state index contributed by atoms with van der Waals surface area (Å²) < 4.78 is 0. The Morgan fingerprint density at radius 1 is 1.35 bits per heavy atom. The number of pyridine rings is 1. The van der Waals surface area contributed by atoms with Crippen molar-refractivity contribution >= 4 is 29.0 Å². The largest absolute Gasteiger partial charge is 0.366 e. The standard InChI is InChI=1S/C19H21N5O2/c1-13-11-19(2,3)23(4)16-8-7-14(10-15(13)16)12-21-22-18-17(24(25)26)6-5-9-20-18/h5-12H,1-4H3,(H,20,22)/b21-12+. The number of nitrogens with zero attached hydrogens (tertiary/aromatic N) is 4. The van der Waals surface area contributed by atoms with E-state index in [1.165, 1.54) is 29.6 Å². The van der Waals surface area contributed by atoms with Gasteiger partial charge in [0.25, 0.3) is 0 Å². The Hall–Kier alpha value is -3.22. The number of fused-ring (bicyclic) bond motifs is 1. The quantitative estimate of drug-likeness (QED) is 0.510. The van der Waals surface area contributed by atoms with Gasteiger partial charge in [-0.15, -0.1) is 0 Å². The third-order valence-electron chi connectivity index (χ3n) is 4.61. The smallest absolute Gasteiger partial charge is 0.313 e. The number of rotatable bonds is 4. The van der Waals surface area contributed by atoms with Gasteiger partial charge in [-0.25, -0.2) is 4.98 Å². The Kier molecular flexibility index (Phi) is 4.46. The first-order valence-electron chi connectivity index (χ1n) is 8.26. The predicted octanol–water partition coefficient (Wildman–Crippen LogP) is 4.07. The second-order valence-electron chi connectivity index (χ2n) is 6.81. The monoisotopic (exact) mass is 351 g/mol. The highest BCUT2D eigenvalue weighted by Gasteiger charge is 2.28. The molecule has 2 heterocycles. The number of likely N-dealkylation sites (N-methyl/N-ethyl adjacent to an activating group) is 1. The molecule has 0 fully saturated rings. The summed E-state index contributed by atoms with van der Waals surface area (Å²) in [5, 5.41) is 15.1. The molecule has 0 radical (unpaired) electrons. The molecule has 0 saturated carbocycles. The first-order valence-corrected chi connectivity index (χ1v) is 8.26. The fraction of sp³-hybridized carbons (Fsp3) is 0.263. The lowest BCUT2D eigenvalue weighted by Gasteiger charge is -2.40. The van der Waals surface area contributed by atoms with Crippen molar-refractivity contribution in [1.29, 1.82) is 0 Å². The number of benzene rings is 1. The topological polar surface area (TPSA) is 83.7 Å². The van der Waals surface area contributed by atoms with Crippen molar-refractivity contribution in [3.63, 3.8) is 0 Å². The van der Waals surface area contributed by atoms with Crippen LogP contribution in [0.1, 0.15) is 31.9 Å². The number of nitrogens with one attached hydrogen (secondary N) is 1. The van der Waals surface area contributed by atoms with Gasteiger partial charge in [0, 0.05) is 30.6 Å². The summed E-state index contributed by atoms with van der Waals surface area (Å²) in [6.45, 7) is 6.46. The van der Waals surface area contributed by atoms with E-state index in [1.807, 2.05) is 6.07 Å². The molecular weight excluding hydrogens is 330 g/mol. The minimum atomic E-state index is -0.491. The molecule has 26 heavy (non-hydrogen) atoms. The van der Waals surface area contributed by atoms with Crippen LogP contribution >= 0.6 is 0 Å². The van der Waals surface area contributed by atoms with E-state index in [0.717, 1.165) is 11.1 Å². The summed E-state index contributed by atoms with van der Waals surface area (Å²) in [6, 6.07) is 9.00. The van der Waals surface area contributed by atoms with Crippen LogP contribution in [0.3, 0.4) is 0 Å². The van der Waals surface area contributed by atoms with Crippen LogP contribution in [0.25, 0.3) is 5.57 Å². The zero-order valence-electron chi connectivity index (χ0n) is 15.2. The Bertz CT molecular complexity index is 918. The van der Waals surface area contributed by atoms with Gasteiger partial charge in [0.2, 0.25) is 5.82 Å². The summed E-state index contributed by atoms with van der Waals surface area (Å²) in [5.41, 5.74) is 6.93. The Labute approximate surface area is 152 Å². The third-order valence-corrected chi connectivity index (χ3v) is 4.61. The van der Waals surface area contributed by atoms with Crippen molar-refractivity contribution in [2.75, 3.05) is 17.4 Å². The zero-order valence-corrected chi connectivity index (χ0v) is 15.2. The molecule has 1 aliphatic heterocycles. The van der Waals surface area contributed by atoms with Crippen molar-refractivity contribution in [2.45, 2.75) is 26.3 Å². The van der Waals surface area contributed by atoms with Crippen molar-refractivity contribution < 1.29 is 4.92 Å². The minimum absolute atomic E-state index is 0.0356. The van der Waals surface area contributed by atoms with E-state index in [1.54, 1.807) is 6.21 Å². The molecule has 7 heteroatoms. The number of aromatic nitrogens is 1. The maximum Gasteiger partial charge on any atom is 0.313 e. The zero-order chi connectivity index (χ0) is 18.9. The molecular formula is C19H21N5O2. The first kappa shape index (κ1) is 17.6. The summed E-state index contributed by atoms with van der Waals surface area (Å²) in [7, 11) is 2.08. The highest BCUT2D eigenvalue weighted by Crippen LogP contribution is 2.37. The van der Waals surface area contributed by atoms with Crippen LogP contribution in [0, 0.1) is 10.1 Å². The molecule has 0 unspecified atom stereocenters. The molecule has 3 rings (SSSR count). The third kappa shape index (κ3) is 3.28. The van der Waals surface area contributed by atoms with Crippen LogP contribution in [0.15, 0.2) is 47.7 Å². The SMILES string of the molecule is CC1=CC(C)(C)N(C)c2ccc(/C=N/Nc3ncccc3[N+](=O)[O-])cc21. The number of anilines is 2. The average molecular weight is 351 g/mol. The second kappa shape index (κ2) is 6.59. The maximum atomic E-state index is 11.0. The van der Waals surface area contributed by atoms with Crippen LogP contribution in [0.5, 0.6) is 0 Å². The lowest BCUT2D eigenvalue weighted by atomic mass is 9.89. The normalized spacial score (nSPS) is 15.5. The highest BCUT2D eigenvalue weighted by molar-refractivity contribution is 5.88. The van der Waals surface area contributed by atoms with E-state index in [9.17, 15) is 10.1 Å². The van der Waals surface area contributed by atoms with Crippen LogP contribution < -0.4 is 10.3 Å². The lowest BCUT2D eigenvalue weighted by Crippen LogP contribution is -2.42. The number of nitro groups is 1. The summed E-state index contributed by atoms with van der Waals surface area (Å²) >= 11 is 0. The van der Waals surface area contributed by atoms with Gasteiger partial charge < -0.3 is 4.90 Å². The Morgan fingerprint density at radius 2 is 2.12 bits per heavy atom. The van der Waals surface area contributed by atoms with Crippen LogP contribution in [-0.2, 0) is 0 Å². The van der Waals surface area contributed by atoms with Crippen LogP contribution in [0.2, 0.25) is 0 Å². The molecule has 0 amide bonds. The number of hydrogen-bond acceptors (Lipinski definition) is 6. The Balaban J connectivity index is 1.84. The van der Waals surface area contributed by atoms with E-state index >= 15 is 0 Å². The molecule has 0 spiro atoms. The van der Waals surface area contributed by atoms with Crippen molar-refractivity contribution in [1.82, 2.24) is 4.98 Å². The maximum absolute atomic E-state index is 11.0. The van der Waals surface area contributed by atoms with Gasteiger partial charge >= 0.3 is 5.69 Å². The summed E-state index contributed by atoms with van der Waals surface area (Å²) in [6.07, 6.45) is 5.35. The molecule has 1 aromatic carbocycles. The van der Waals surface area contributed by atoms with E-state index in [2.05, 4.69) is 66.4 Å². The molecule has 134 valence electrons. The van der Waals surface area contributed by atoms with Crippen molar-refractivity contribution in [3.05, 3.63) is 63.8 Å². The fourth-order valence-electron chi connectivity index (χ4n) is 3.06. The van der Waals surface area contributed by atoms with E-state index in [4.69, 9.17) is 0 Å². The van der Waals surface area contributed by atoms with Gasteiger partial charge in [0.15, 0.2) is 0 Å². The van der Waals surface area contributed by atoms with E-state index < -0.39 is 4.92 Å². The van der Waals surface area contributed by atoms with Crippen molar-refractivity contribution in [3.8, 4) is 0 Å². The average Bonchev–Trinajstić information content (AvgIpc) is 2.60. The van der Waals surface area contributed by atoms with Gasteiger partial charge in [-0.3, -0.25) is 15.5 Å². The molecule has 0 bridgehead atoms. The van der Waals surface area contributed by atoms with Crippen LogP contribution in [-0.4, -0.2) is 28.7 Å². The summed E-state index contributed by atoms with van der Waals surface area (Å²) in [5.74, 6) is 0.115. The molecule has 0 atom stereocenters. The van der Waals surface area contributed by atoms with Crippen molar-refractivity contribution in [2.24, 2.45) is 5.10 Å². The molecule has 1 aromatic heterocycles. The summed E-state index contributed by atoms with van der Waals surface area (Å²) in [4.78, 5) is 16.7. The molecule has 1 N–H and O–H groups in total. The second-order valence-corrected chi connectivity index (χ2v) is 6.81. The molecule has 7 nitrogen and oxygen atoms in total. The lowest BCUT2D eigenvalue weighted by molar-refractivity contribution is -0.384. The van der Waals surface area contributed by atoms with Gasteiger partial charge in [0.1, 0.15) is 0 Å². The molecule has 1 aliphatic rings. The Morgan fingerprint density at radius 3 is 2.85 bits per heavy atom. The predicted molar refractivity (Wildman–Crippen MR) is 105 cm³/mol. The van der Waals surface area contributed by atoms with Gasteiger partial charge in [-0.2, -0.15) is 5.10 Å². The number of hydrogen-bond donors (Lipinski definition) is 1. The van der Waals surface area contributed by atoms with Crippen LogP contribution in [0.4, 0.5) is 17.2 Å². The fourth-order valence-corrected chi connectivity index (χ4v) is 3.06. The highest BCUT2D eigenvalue weighted by atomic mass is 16.6.